The Hall–Kier alpha value is -2.75. The van der Waals surface area contributed by atoms with Crippen LogP contribution in [0.5, 0.6) is 0 Å². The Bertz CT molecular complexity index is 1490. The van der Waals surface area contributed by atoms with Gasteiger partial charge in [-0.05, 0) is 64.3 Å². The lowest BCUT2D eigenvalue weighted by Crippen LogP contribution is -2.33. The van der Waals surface area contributed by atoms with Gasteiger partial charge >= 0.3 is 0 Å². The lowest BCUT2D eigenvalue weighted by Gasteiger charge is -2.20. The van der Waals surface area contributed by atoms with E-state index < -0.39 is 0 Å². The Morgan fingerprint density at radius 1 is 1.05 bits per heavy atom. The fraction of sp³-hybridized carbons (Fsp3) is 0.222. The maximum Gasteiger partial charge on any atom is 0.270 e. The van der Waals surface area contributed by atoms with Crippen LogP contribution in [-0.2, 0) is 0 Å². The molecule has 0 unspecified atom stereocenters. The predicted molar refractivity (Wildman–Crippen MR) is 158 cm³/mol. The van der Waals surface area contributed by atoms with Gasteiger partial charge in [0.2, 0.25) is 0 Å². The number of nitrogens with zero attached hydrogens (tertiary/aromatic N) is 5. The summed E-state index contributed by atoms with van der Waals surface area (Å²) >= 11 is 9.01. The zero-order valence-electron chi connectivity index (χ0n) is 20.7. The number of thiazole rings is 1. The molecule has 0 aliphatic rings. The SMILES string of the molecule is Cc1nn(-c2ccccc2)c2sc(C(=O)N(CCCN(C)C)c3nc(-c4ccc(Cl)cc4)cs3)cc12.Cl. The molecule has 0 aliphatic carbocycles. The number of hydrogen-bond donors (Lipinski definition) is 0. The first-order chi connectivity index (χ1) is 17.4. The quantitative estimate of drug-likeness (QED) is 0.198. The van der Waals surface area contributed by atoms with Crippen molar-refractivity contribution in [1.29, 1.82) is 0 Å². The van der Waals surface area contributed by atoms with Gasteiger partial charge in [-0.25, -0.2) is 9.67 Å². The normalized spacial score (nSPS) is 11.2. The zero-order chi connectivity index (χ0) is 25.2. The molecule has 2 aromatic carbocycles. The molecule has 0 fully saturated rings. The van der Waals surface area contributed by atoms with E-state index in [4.69, 9.17) is 21.7 Å². The van der Waals surface area contributed by atoms with Gasteiger partial charge in [0.05, 0.1) is 22.0 Å². The molecule has 0 radical (unpaired) electrons. The third-order valence-electron chi connectivity index (χ3n) is 5.85. The fourth-order valence-corrected chi connectivity index (χ4v) is 6.12. The summed E-state index contributed by atoms with van der Waals surface area (Å²) in [5.41, 5.74) is 3.70. The van der Waals surface area contributed by atoms with E-state index in [-0.39, 0.29) is 18.3 Å². The molecule has 0 N–H and O–H groups in total. The van der Waals surface area contributed by atoms with E-state index in [9.17, 15) is 4.79 Å². The minimum atomic E-state index is -0.0361. The minimum Gasteiger partial charge on any atom is -0.309 e. The van der Waals surface area contributed by atoms with E-state index >= 15 is 0 Å². The summed E-state index contributed by atoms with van der Waals surface area (Å²) in [6.45, 7) is 3.45. The molecule has 0 aliphatic heterocycles. The minimum absolute atomic E-state index is 0. The molecule has 0 saturated carbocycles. The van der Waals surface area contributed by atoms with Crippen molar-refractivity contribution in [3.8, 4) is 16.9 Å². The second-order valence-corrected chi connectivity index (χ2v) is 11.1. The predicted octanol–water partition coefficient (Wildman–Crippen LogP) is 7.19. The molecule has 10 heteroatoms. The third kappa shape index (κ3) is 5.89. The Labute approximate surface area is 235 Å². The number of carbonyl (C=O) groups excluding carboxylic acids is 1. The highest BCUT2D eigenvalue weighted by molar-refractivity contribution is 7.20. The number of benzene rings is 2. The smallest absolute Gasteiger partial charge is 0.270 e. The summed E-state index contributed by atoms with van der Waals surface area (Å²) in [6, 6.07) is 19.6. The van der Waals surface area contributed by atoms with Gasteiger partial charge in [0.1, 0.15) is 4.83 Å². The number of rotatable bonds is 8. The van der Waals surface area contributed by atoms with Crippen molar-refractivity contribution >= 4 is 67.9 Å². The van der Waals surface area contributed by atoms with Crippen LogP contribution in [0.25, 0.3) is 27.2 Å². The monoisotopic (exact) mass is 571 g/mol. The van der Waals surface area contributed by atoms with Crippen LogP contribution in [0.3, 0.4) is 0 Å². The summed E-state index contributed by atoms with van der Waals surface area (Å²) in [4.78, 5) is 24.3. The van der Waals surface area contributed by atoms with Crippen LogP contribution < -0.4 is 4.90 Å². The molecular formula is C27H27Cl2N5OS2. The summed E-state index contributed by atoms with van der Waals surface area (Å²) in [6.07, 6.45) is 0.844. The average Bonchev–Trinajstić information content (AvgIpc) is 3.59. The number of thiophene rings is 1. The molecule has 5 rings (SSSR count). The fourth-order valence-electron chi connectivity index (χ4n) is 4.00. The average molecular weight is 573 g/mol. The van der Waals surface area contributed by atoms with Gasteiger partial charge in [-0.15, -0.1) is 35.1 Å². The summed E-state index contributed by atoms with van der Waals surface area (Å²) in [5.74, 6) is -0.0361. The number of aryl methyl sites for hydroxylation is 1. The standard InChI is InChI=1S/C27H26ClN5OS2.ClH/c1-18-22-16-24(36-26(22)33(30-18)21-8-5-4-6-9-21)25(34)32(15-7-14-31(2)3)27-29-23(17-35-27)19-10-12-20(28)13-11-19;/h4-6,8-13,16-17H,7,14-15H2,1-3H3;1H. The van der Waals surface area contributed by atoms with Crippen LogP contribution in [0.2, 0.25) is 5.02 Å². The molecule has 0 saturated heterocycles. The van der Waals surface area contributed by atoms with E-state index in [0.29, 0.717) is 21.6 Å². The van der Waals surface area contributed by atoms with E-state index in [2.05, 4.69) is 4.90 Å². The van der Waals surface area contributed by atoms with Gasteiger partial charge in [-0.3, -0.25) is 9.69 Å². The maximum atomic E-state index is 13.9. The van der Waals surface area contributed by atoms with Crippen molar-refractivity contribution in [3.63, 3.8) is 0 Å². The molecule has 0 spiro atoms. The molecule has 1 amide bonds. The number of halogens is 2. The van der Waals surface area contributed by atoms with Crippen molar-refractivity contribution in [2.45, 2.75) is 13.3 Å². The lowest BCUT2D eigenvalue weighted by molar-refractivity contribution is 0.0990. The molecule has 0 atom stereocenters. The van der Waals surface area contributed by atoms with Crippen molar-refractivity contribution in [2.75, 3.05) is 32.1 Å². The number of para-hydroxylation sites is 1. The van der Waals surface area contributed by atoms with Crippen molar-refractivity contribution < 1.29 is 4.79 Å². The van der Waals surface area contributed by atoms with Gasteiger partial charge in [0.15, 0.2) is 5.13 Å². The number of anilines is 1. The maximum absolute atomic E-state index is 13.9. The van der Waals surface area contributed by atoms with Gasteiger partial charge in [0.25, 0.3) is 5.91 Å². The van der Waals surface area contributed by atoms with E-state index in [0.717, 1.165) is 45.8 Å². The molecule has 3 heterocycles. The second kappa shape index (κ2) is 11.8. The summed E-state index contributed by atoms with van der Waals surface area (Å²) in [7, 11) is 4.08. The van der Waals surface area contributed by atoms with Crippen LogP contribution in [0.1, 0.15) is 21.8 Å². The van der Waals surface area contributed by atoms with Gasteiger partial charge < -0.3 is 4.90 Å². The van der Waals surface area contributed by atoms with Crippen LogP contribution >= 0.6 is 46.7 Å². The number of carbonyl (C=O) groups is 1. The highest BCUT2D eigenvalue weighted by Crippen LogP contribution is 2.34. The van der Waals surface area contributed by atoms with Crippen LogP contribution in [0.15, 0.2) is 66.0 Å². The number of amides is 1. The van der Waals surface area contributed by atoms with E-state index in [1.165, 1.54) is 22.7 Å². The highest BCUT2D eigenvalue weighted by Gasteiger charge is 2.25. The Morgan fingerprint density at radius 2 is 1.78 bits per heavy atom. The molecule has 5 aromatic rings. The topological polar surface area (TPSA) is 54.3 Å². The van der Waals surface area contributed by atoms with Crippen molar-refractivity contribution in [3.05, 3.63) is 81.6 Å². The first-order valence-corrected chi connectivity index (χ1v) is 13.7. The number of aromatic nitrogens is 3. The van der Waals surface area contributed by atoms with Crippen molar-refractivity contribution in [2.24, 2.45) is 0 Å². The van der Waals surface area contributed by atoms with E-state index in [1.54, 1.807) is 0 Å². The lowest BCUT2D eigenvalue weighted by atomic mass is 10.2. The first-order valence-electron chi connectivity index (χ1n) is 11.6. The van der Waals surface area contributed by atoms with Crippen LogP contribution in [0, 0.1) is 6.92 Å². The third-order valence-corrected chi connectivity index (χ3v) is 8.07. The largest absolute Gasteiger partial charge is 0.309 e. The van der Waals surface area contributed by atoms with Gasteiger partial charge in [-0.1, -0.05) is 41.9 Å². The van der Waals surface area contributed by atoms with E-state index in [1.807, 2.05) is 96.6 Å². The number of hydrogen-bond acceptors (Lipinski definition) is 6. The Balaban J connectivity index is 0.00000320. The Kier molecular flexibility index (Phi) is 8.67. The zero-order valence-corrected chi connectivity index (χ0v) is 23.9. The van der Waals surface area contributed by atoms with Crippen LogP contribution in [0.4, 0.5) is 5.13 Å². The van der Waals surface area contributed by atoms with Crippen molar-refractivity contribution in [1.82, 2.24) is 19.7 Å². The number of fused-ring (bicyclic) bond motifs is 1. The first kappa shape index (κ1) is 27.3. The molecule has 3 aromatic heterocycles. The molecule has 6 nitrogen and oxygen atoms in total. The molecule has 0 bridgehead atoms. The van der Waals surface area contributed by atoms with Gasteiger partial charge in [-0.2, -0.15) is 5.10 Å². The second-order valence-electron chi connectivity index (χ2n) is 8.80. The molecule has 37 heavy (non-hydrogen) atoms. The molecular weight excluding hydrogens is 545 g/mol. The van der Waals surface area contributed by atoms with Gasteiger partial charge in [0, 0.05) is 27.9 Å². The molecule has 192 valence electrons. The summed E-state index contributed by atoms with van der Waals surface area (Å²) in [5, 5.41) is 9.09. The summed E-state index contributed by atoms with van der Waals surface area (Å²) < 4.78 is 1.92. The van der Waals surface area contributed by atoms with Crippen LogP contribution in [-0.4, -0.2) is 52.8 Å². The Morgan fingerprint density at radius 3 is 2.49 bits per heavy atom. The highest BCUT2D eigenvalue weighted by atomic mass is 35.5.